The summed E-state index contributed by atoms with van der Waals surface area (Å²) in [5, 5.41) is 12.5. The van der Waals surface area contributed by atoms with Crippen molar-refractivity contribution in [3.63, 3.8) is 0 Å². The minimum atomic E-state index is -0.722. The molecular weight excluding hydrogens is 416 g/mol. The van der Waals surface area contributed by atoms with Crippen molar-refractivity contribution in [2.24, 2.45) is 0 Å². The van der Waals surface area contributed by atoms with Crippen LogP contribution in [0.1, 0.15) is 36.1 Å². The Morgan fingerprint density at radius 2 is 2.00 bits per heavy atom. The molecule has 2 aromatic carbocycles. The molecule has 2 N–H and O–H groups in total. The fourth-order valence-corrected chi connectivity index (χ4v) is 4.60. The molecule has 0 radical (unpaired) electrons. The molecule has 0 saturated carbocycles. The number of nitrogens with one attached hydrogen (secondary N) is 1. The number of methoxy groups -OCH3 is 1. The van der Waals surface area contributed by atoms with Gasteiger partial charge in [-0.2, -0.15) is 0 Å². The molecule has 3 aromatic rings. The number of ether oxygens (including phenoxy) is 1. The van der Waals surface area contributed by atoms with Gasteiger partial charge in [0, 0.05) is 29.2 Å². The number of carbonyl (C=O) groups is 2. The van der Waals surface area contributed by atoms with E-state index in [1.165, 1.54) is 12.0 Å². The van der Waals surface area contributed by atoms with E-state index in [0.29, 0.717) is 18.0 Å². The smallest absolute Gasteiger partial charge is 0.295 e. The second kappa shape index (κ2) is 8.12. The summed E-state index contributed by atoms with van der Waals surface area (Å²) in [6.45, 7) is 4.15. The summed E-state index contributed by atoms with van der Waals surface area (Å²) in [7, 11) is 1.44. The van der Waals surface area contributed by atoms with Crippen molar-refractivity contribution in [1.29, 1.82) is 0 Å². The molecule has 1 amide bonds. The molecule has 0 aliphatic carbocycles. The first-order valence-electron chi connectivity index (χ1n) is 10.1. The molecule has 0 spiro atoms. The summed E-state index contributed by atoms with van der Waals surface area (Å²) in [4.78, 5) is 30.8. The van der Waals surface area contributed by atoms with Crippen LogP contribution in [0.25, 0.3) is 16.7 Å². The number of rotatable bonds is 5. The average Bonchev–Trinajstić information content (AvgIpc) is 3.27. The Labute approximate surface area is 185 Å². The zero-order valence-electron chi connectivity index (χ0n) is 17.5. The van der Waals surface area contributed by atoms with Gasteiger partial charge in [-0.25, -0.2) is 0 Å². The maximum atomic E-state index is 13.1. The number of aromatic amines is 1. The second-order valence-corrected chi connectivity index (χ2v) is 8.02. The van der Waals surface area contributed by atoms with Crippen molar-refractivity contribution in [2.75, 3.05) is 13.7 Å². The number of aliphatic hydroxyl groups excluding tert-OH is 1. The van der Waals surface area contributed by atoms with E-state index in [-0.39, 0.29) is 22.6 Å². The SMILES string of the molecule is CCCN1C(=O)C(=O)/C(=C(/O)c2cc(C)cc(Cl)c2OC)C1c1c[nH]c2ccccc12. The van der Waals surface area contributed by atoms with Gasteiger partial charge in [0.15, 0.2) is 0 Å². The summed E-state index contributed by atoms with van der Waals surface area (Å²) in [5.74, 6) is -1.39. The van der Waals surface area contributed by atoms with E-state index in [2.05, 4.69) is 4.98 Å². The van der Waals surface area contributed by atoms with Gasteiger partial charge >= 0.3 is 0 Å². The molecule has 31 heavy (non-hydrogen) atoms. The maximum Gasteiger partial charge on any atom is 0.295 e. The van der Waals surface area contributed by atoms with Crippen molar-refractivity contribution in [2.45, 2.75) is 26.3 Å². The second-order valence-electron chi connectivity index (χ2n) is 7.61. The number of benzene rings is 2. The number of likely N-dealkylation sites (tertiary alicyclic amines) is 1. The molecular formula is C24H23ClN2O4. The number of aryl methyl sites for hydroxylation is 1. The first-order valence-corrected chi connectivity index (χ1v) is 10.5. The quantitative estimate of drug-likeness (QED) is 0.334. The number of aromatic nitrogens is 1. The minimum absolute atomic E-state index is 0.0307. The number of aliphatic hydroxyl groups is 1. The molecule has 160 valence electrons. The summed E-state index contributed by atoms with van der Waals surface area (Å²) < 4.78 is 5.40. The van der Waals surface area contributed by atoms with E-state index in [9.17, 15) is 14.7 Å². The van der Waals surface area contributed by atoms with E-state index in [1.807, 2.05) is 38.1 Å². The number of hydrogen-bond acceptors (Lipinski definition) is 4. The third-order valence-electron chi connectivity index (χ3n) is 5.57. The lowest BCUT2D eigenvalue weighted by Crippen LogP contribution is -2.30. The van der Waals surface area contributed by atoms with Crippen LogP contribution in [0.2, 0.25) is 5.02 Å². The third kappa shape index (κ3) is 3.37. The molecule has 0 bridgehead atoms. The molecule has 1 unspecified atom stereocenters. The highest BCUT2D eigenvalue weighted by Crippen LogP contribution is 2.44. The van der Waals surface area contributed by atoms with Gasteiger partial charge in [-0.15, -0.1) is 0 Å². The number of Topliss-reactive ketones (excluding diaryl/α,β-unsaturated/α-hetero) is 1. The summed E-state index contributed by atoms with van der Waals surface area (Å²) in [6.07, 6.45) is 2.46. The van der Waals surface area contributed by atoms with Gasteiger partial charge in [-0.05, 0) is 37.1 Å². The topological polar surface area (TPSA) is 82.6 Å². The van der Waals surface area contributed by atoms with Crippen LogP contribution in [-0.4, -0.2) is 40.3 Å². The first-order chi connectivity index (χ1) is 14.9. The van der Waals surface area contributed by atoms with E-state index in [4.69, 9.17) is 16.3 Å². The molecule has 6 nitrogen and oxygen atoms in total. The zero-order chi connectivity index (χ0) is 22.3. The number of para-hydroxylation sites is 1. The Morgan fingerprint density at radius 3 is 2.71 bits per heavy atom. The molecule has 1 aliphatic rings. The van der Waals surface area contributed by atoms with Crippen LogP contribution in [0.3, 0.4) is 0 Å². The fraction of sp³-hybridized carbons (Fsp3) is 0.250. The highest BCUT2D eigenvalue weighted by molar-refractivity contribution is 6.46. The average molecular weight is 439 g/mol. The molecule has 7 heteroatoms. The Hall–Kier alpha value is -3.25. The van der Waals surface area contributed by atoms with Crippen LogP contribution in [0.15, 0.2) is 48.2 Å². The third-order valence-corrected chi connectivity index (χ3v) is 5.85. The van der Waals surface area contributed by atoms with E-state index >= 15 is 0 Å². The molecule has 4 rings (SSSR count). The Morgan fingerprint density at radius 1 is 1.26 bits per heavy atom. The van der Waals surface area contributed by atoms with Gasteiger partial charge in [0.05, 0.1) is 29.3 Å². The Balaban J connectivity index is 2.01. The van der Waals surface area contributed by atoms with Gasteiger partial charge in [0.2, 0.25) is 0 Å². The van der Waals surface area contributed by atoms with Gasteiger partial charge in [0.1, 0.15) is 11.5 Å². The fourth-order valence-electron chi connectivity index (χ4n) is 4.25. The van der Waals surface area contributed by atoms with E-state index < -0.39 is 17.7 Å². The van der Waals surface area contributed by atoms with Gasteiger partial charge in [-0.1, -0.05) is 36.7 Å². The monoisotopic (exact) mass is 438 g/mol. The van der Waals surface area contributed by atoms with Crippen LogP contribution in [0.4, 0.5) is 0 Å². The predicted octanol–water partition coefficient (Wildman–Crippen LogP) is 4.97. The van der Waals surface area contributed by atoms with Crippen molar-refractivity contribution < 1.29 is 19.4 Å². The van der Waals surface area contributed by atoms with Crippen LogP contribution < -0.4 is 4.74 Å². The largest absolute Gasteiger partial charge is 0.507 e. The first kappa shape index (κ1) is 21.0. The van der Waals surface area contributed by atoms with E-state index in [1.54, 1.807) is 18.3 Å². The van der Waals surface area contributed by atoms with E-state index in [0.717, 1.165) is 22.0 Å². The molecule has 1 aliphatic heterocycles. The number of H-pyrrole nitrogens is 1. The minimum Gasteiger partial charge on any atom is -0.507 e. The predicted molar refractivity (Wildman–Crippen MR) is 120 cm³/mol. The number of nitrogens with zero attached hydrogens (tertiary/aromatic N) is 1. The number of carbonyl (C=O) groups excluding carboxylic acids is 2. The summed E-state index contributed by atoms with van der Waals surface area (Å²) >= 11 is 6.32. The molecule has 2 heterocycles. The van der Waals surface area contributed by atoms with Crippen LogP contribution in [0, 0.1) is 6.92 Å². The van der Waals surface area contributed by atoms with Crippen molar-refractivity contribution in [1.82, 2.24) is 9.88 Å². The van der Waals surface area contributed by atoms with Gasteiger partial charge < -0.3 is 19.7 Å². The maximum absolute atomic E-state index is 13.1. The van der Waals surface area contributed by atoms with Crippen LogP contribution >= 0.6 is 11.6 Å². The van der Waals surface area contributed by atoms with Crippen molar-refractivity contribution in [3.8, 4) is 5.75 Å². The number of ketones is 1. The standard InChI is InChI=1S/C24H23ClN2O4/c1-4-9-27-20(16-12-26-18-8-6-5-7-14(16)18)19(22(29)24(27)30)21(28)15-10-13(2)11-17(25)23(15)31-3/h5-8,10-12,20,26,28H,4,9H2,1-3H3/b21-19+. The van der Waals surface area contributed by atoms with Gasteiger partial charge in [-0.3, -0.25) is 9.59 Å². The zero-order valence-corrected chi connectivity index (χ0v) is 18.3. The number of hydrogen-bond donors (Lipinski definition) is 2. The highest BCUT2D eigenvalue weighted by Gasteiger charge is 2.46. The Bertz CT molecular complexity index is 1230. The Kier molecular flexibility index (Phi) is 5.50. The van der Waals surface area contributed by atoms with Crippen LogP contribution in [0.5, 0.6) is 5.75 Å². The van der Waals surface area contributed by atoms with Gasteiger partial charge in [0.25, 0.3) is 11.7 Å². The molecule has 1 saturated heterocycles. The number of halogens is 1. The number of amides is 1. The van der Waals surface area contributed by atoms with Crippen molar-refractivity contribution in [3.05, 3.63) is 69.9 Å². The molecule has 1 aromatic heterocycles. The lowest BCUT2D eigenvalue weighted by molar-refractivity contribution is -0.139. The highest BCUT2D eigenvalue weighted by atomic mass is 35.5. The van der Waals surface area contributed by atoms with Crippen LogP contribution in [-0.2, 0) is 9.59 Å². The van der Waals surface area contributed by atoms with Crippen molar-refractivity contribution >= 4 is 40.0 Å². The lowest BCUT2D eigenvalue weighted by Gasteiger charge is -2.24. The molecule has 1 atom stereocenters. The number of fused-ring (bicyclic) bond motifs is 1. The summed E-state index contributed by atoms with van der Waals surface area (Å²) in [5.41, 5.74) is 2.74. The normalized spacial score (nSPS) is 18.2. The lowest BCUT2D eigenvalue weighted by atomic mass is 9.94. The summed E-state index contributed by atoms with van der Waals surface area (Å²) in [6, 6.07) is 10.3. The molecule has 1 fully saturated rings.